The van der Waals surface area contributed by atoms with E-state index >= 15 is 0 Å². The van der Waals surface area contributed by atoms with Crippen LogP contribution >= 0.6 is 11.3 Å². The molecule has 2 heterocycles. The first-order valence-electron chi connectivity index (χ1n) is 7.06. The van der Waals surface area contributed by atoms with Crippen molar-refractivity contribution in [1.82, 2.24) is 15.6 Å². The van der Waals surface area contributed by atoms with Gasteiger partial charge in [0.2, 0.25) is 5.13 Å². The Bertz CT molecular complexity index is 779. The quantitative estimate of drug-likeness (QED) is 0.177. The van der Waals surface area contributed by atoms with E-state index in [1.165, 1.54) is 11.3 Å². The highest BCUT2D eigenvalue weighted by molar-refractivity contribution is 7.13. The molecule has 2 rings (SSSR count). The van der Waals surface area contributed by atoms with E-state index in [0.29, 0.717) is 22.3 Å². The number of aliphatic imine (C=N–C) groups is 1. The number of nitro groups is 1. The van der Waals surface area contributed by atoms with Gasteiger partial charge in [-0.3, -0.25) is 10.1 Å². The summed E-state index contributed by atoms with van der Waals surface area (Å²) in [6.45, 7) is 0.245. The maximum atomic E-state index is 10.6. The molecule has 0 radical (unpaired) electrons. The van der Waals surface area contributed by atoms with Crippen molar-refractivity contribution in [3.8, 4) is 11.5 Å². The van der Waals surface area contributed by atoms with Gasteiger partial charge in [0, 0.05) is 11.9 Å². The molecule has 2 aromatic rings. The van der Waals surface area contributed by atoms with Crippen LogP contribution in [-0.2, 0) is 6.54 Å². The van der Waals surface area contributed by atoms with E-state index in [9.17, 15) is 10.1 Å². The first kappa shape index (κ1) is 18.2. The molecule has 12 heteroatoms. The molecule has 0 amide bonds. The summed E-state index contributed by atoms with van der Waals surface area (Å²) in [5, 5.41) is 27.1. The third-order valence-corrected chi connectivity index (χ3v) is 3.48. The lowest BCUT2D eigenvalue weighted by Gasteiger charge is -2.08. The molecule has 2 aromatic heterocycles. The van der Waals surface area contributed by atoms with Crippen LogP contribution in [0.2, 0.25) is 0 Å². The number of nitrogens with zero attached hydrogens (tertiary/aromatic N) is 3. The second kappa shape index (κ2) is 8.65. The Morgan fingerprint density at radius 3 is 2.96 bits per heavy atom. The minimum atomic E-state index is -0.596. The number of aromatic nitrogens is 1. The molecule has 25 heavy (non-hydrogen) atoms. The maximum Gasteiger partial charge on any atom is 0.274 e. The Balaban J connectivity index is 2.02. The average Bonchev–Trinajstić information content (AvgIpc) is 3.18. The Labute approximate surface area is 146 Å². The topological polar surface area (TPSA) is 178 Å². The highest BCUT2D eigenvalue weighted by Crippen LogP contribution is 2.27. The summed E-state index contributed by atoms with van der Waals surface area (Å²) in [4.78, 5) is 18.1. The molecule has 0 unspecified atom stereocenters. The van der Waals surface area contributed by atoms with Crippen molar-refractivity contribution < 1.29 is 14.4 Å². The molecule has 0 aromatic carbocycles. The van der Waals surface area contributed by atoms with Crippen LogP contribution in [0.1, 0.15) is 5.76 Å². The van der Waals surface area contributed by atoms with Gasteiger partial charge in [0.1, 0.15) is 11.5 Å². The van der Waals surface area contributed by atoms with Crippen molar-refractivity contribution in [2.75, 3.05) is 13.2 Å². The number of aliphatic hydroxyl groups excluding tert-OH is 1. The summed E-state index contributed by atoms with van der Waals surface area (Å²) in [5.74, 6) is 1.16. The van der Waals surface area contributed by atoms with E-state index in [-0.39, 0.29) is 31.5 Å². The molecule has 11 nitrogen and oxygen atoms in total. The number of thiazole rings is 1. The van der Waals surface area contributed by atoms with E-state index in [1.807, 2.05) is 0 Å². The van der Waals surface area contributed by atoms with E-state index in [4.69, 9.17) is 21.0 Å². The van der Waals surface area contributed by atoms with Gasteiger partial charge in [-0.25, -0.2) is 4.98 Å². The van der Waals surface area contributed by atoms with Crippen LogP contribution in [0.3, 0.4) is 0 Å². The molecule has 0 atom stereocenters. The van der Waals surface area contributed by atoms with Crippen LogP contribution in [-0.4, -0.2) is 34.1 Å². The SMILES string of the molecule is NC(N)=Nc1nc(-c2ccc(CN/C(=C/[N+](=O)[O-])NCCO)o2)cs1. The lowest BCUT2D eigenvalue weighted by Crippen LogP contribution is -2.29. The molecule has 7 N–H and O–H groups in total. The number of guanidine groups is 1. The average molecular weight is 367 g/mol. The van der Waals surface area contributed by atoms with Crippen LogP contribution in [0.25, 0.3) is 11.5 Å². The molecular formula is C13H17N7O4S. The first-order valence-corrected chi connectivity index (χ1v) is 7.94. The summed E-state index contributed by atoms with van der Waals surface area (Å²) in [6.07, 6.45) is 0.779. The van der Waals surface area contributed by atoms with E-state index < -0.39 is 4.92 Å². The Hall–Kier alpha value is -3.12. The molecule has 0 aliphatic carbocycles. The van der Waals surface area contributed by atoms with Crippen LogP contribution in [0.5, 0.6) is 0 Å². The van der Waals surface area contributed by atoms with Crippen molar-refractivity contribution in [2.24, 2.45) is 16.5 Å². The van der Waals surface area contributed by atoms with Crippen molar-refractivity contribution in [1.29, 1.82) is 0 Å². The van der Waals surface area contributed by atoms with Crippen LogP contribution in [0.4, 0.5) is 5.13 Å². The molecule has 0 aliphatic heterocycles. The van der Waals surface area contributed by atoms with Gasteiger partial charge in [0.25, 0.3) is 6.20 Å². The Morgan fingerprint density at radius 1 is 1.48 bits per heavy atom. The molecule has 0 saturated carbocycles. The van der Waals surface area contributed by atoms with Gasteiger partial charge in [-0.15, -0.1) is 11.3 Å². The zero-order valence-corrected chi connectivity index (χ0v) is 13.8. The van der Waals surface area contributed by atoms with Gasteiger partial charge in [-0.05, 0) is 12.1 Å². The van der Waals surface area contributed by atoms with E-state index in [2.05, 4.69) is 20.6 Å². The van der Waals surface area contributed by atoms with Gasteiger partial charge in [0.15, 0.2) is 17.5 Å². The third-order valence-electron chi connectivity index (χ3n) is 2.75. The predicted octanol–water partition coefficient (Wildman–Crippen LogP) is 0.0551. The lowest BCUT2D eigenvalue weighted by molar-refractivity contribution is -0.404. The summed E-state index contributed by atoms with van der Waals surface area (Å²) >= 11 is 1.26. The monoisotopic (exact) mass is 367 g/mol. The lowest BCUT2D eigenvalue weighted by atomic mass is 10.3. The zero-order valence-electron chi connectivity index (χ0n) is 13.0. The van der Waals surface area contributed by atoms with Gasteiger partial charge >= 0.3 is 0 Å². The number of rotatable bonds is 9. The molecule has 134 valence electrons. The molecule has 0 spiro atoms. The van der Waals surface area contributed by atoms with Gasteiger partial charge < -0.3 is 31.6 Å². The third kappa shape index (κ3) is 5.78. The molecular weight excluding hydrogens is 350 g/mol. The molecule has 0 saturated heterocycles. The fourth-order valence-corrected chi connectivity index (χ4v) is 2.48. The first-order chi connectivity index (χ1) is 12.0. The van der Waals surface area contributed by atoms with Crippen molar-refractivity contribution in [2.45, 2.75) is 6.54 Å². The number of hydrogen-bond acceptors (Lipinski definition) is 9. The van der Waals surface area contributed by atoms with Crippen molar-refractivity contribution >= 4 is 22.4 Å². The number of nitrogens with one attached hydrogen (secondary N) is 2. The fourth-order valence-electron chi connectivity index (χ4n) is 1.78. The van der Waals surface area contributed by atoms with E-state index in [1.54, 1.807) is 17.5 Å². The predicted molar refractivity (Wildman–Crippen MR) is 92.3 cm³/mol. The smallest absolute Gasteiger partial charge is 0.274 e. The summed E-state index contributed by atoms with van der Waals surface area (Å²) in [5.41, 5.74) is 11.2. The van der Waals surface area contributed by atoms with Crippen LogP contribution in [0, 0.1) is 10.1 Å². The Morgan fingerprint density at radius 2 is 2.28 bits per heavy atom. The molecule has 0 fully saturated rings. The largest absolute Gasteiger partial charge is 0.458 e. The normalized spacial score (nSPS) is 11.2. The number of hydrogen-bond donors (Lipinski definition) is 5. The van der Waals surface area contributed by atoms with Crippen molar-refractivity contribution in [3.05, 3.63) is 45.4 Å². The van der Waals surface area contributed by atoms with Gasteiger partial charge in [-0.2, -0.15) is 4.99 Å². The number of aliphatic hydroxyl groups is 1. The molecule has 0 aliphatic rings. The van der Waals surface area contributed by atoms with Crippen LogP contribution < -0.4 is 22.1 Å². The second-order valence-electron chi connectivity index (χ2n) is 4.65. The standard InChI is InChI=1S/C13H17N7O4S/c14-12(15)19-13-18-9(7-25-13)10-2-1-8(24-10)5-17-11(6-20(22)23)16-3-4-21/h1-2,6-7,16-17,21H,3-5H2,(H4,14,15,18,19)/b11-6+. The van der Waals surface area contributed by atoms with Crippen molar-refractivity contribution in [3.63, 3.8) is 0 Å². The minimum absolute atomic E-state index is 0.0780. The highest BCUT2D eigenvalue weighted by atomic mass is 32.1. The summed E-state index contributed by atoms with van der Waals surface area (Å²) < 4.78 is 5.64. The second-order valence-corrected chi connectivity index (χ2v) is 5.49. The summed E-state index contributed by atoms with van der Waals surface area (Å²) in [6, 6.07) is 3.45. The highest BCUT2D eigenvalue weighted by Gasteiger charge is 2.10. The zero-order chi connectivity index (χ0) is 18.2. The minimum Gasteiger partial charge on any atom is -0.458 e. The maximum absolute atomic E-state index is 10.6. The Kier molecular flexibility index (Phi) is 6.31. The van der Waals surface area contributed by atoms with Gasteiger partial charge in [0.05, 0.1) is 18.1 Å². The van der Waals surface area contributed by atoms with E-state index in [0.717, 1.165) is 6.20 Å². The summed E-state index contributed by atoms with van der Waals surface area (Å²) in [7, 11) is 0. The number of nitrogens with two attached hydrogens (primary N) is 2. The fraction of sp³-hybridized carbons (Fsp3) is 0.231. The van der Waals surface area contributed by atoms with Crippen LogP contribution in [0.15, 0.2) is 38.9 Å². The molecule has 0 bridgehead atoms. The van der Waals surface area contributed by atoms with Gasteiger partial charge in [-0.1, -0.05) is 0 Å². The number of furan rings is 1.